The summed E-state index contributed by atoms with van der Waals surface area (Å²) < 4.78 is 37.6. The number of halogens is 4. The Bertz CT molecular complexity index is 611. The molecule has 1 unspecified atom stereocenters. The second-order valence-electron chi connectivity index (χ2n) is 6.31. The summed E-state index contributed by atoms with van der Waals surface area (Å²) in [5.41, 5.74) is 4.76. The van der Waals surface area contributed by atoms with Crippen molar-refractivity contribution in [2.45, 2.75) is 25.9 Å². The first kappa shape index (κ1) is 18.8. The van der Waals surface area contributed by atoms with Crippen LogP contribution in [0.1, 0.15) is 25.3 Å². The Morgan fingerprint density at radius 1 is 1.54 bits per heavy atom. The second-order valence-corrected chi connectivity index (χ2v) is 6.72. The molecule has 1 saturated heterocycles. The topological polar surface area (TPSA) is 71.2 Å². The number of alkyl halides is 3. The van der Waals surface area contributed by atoms with Gasteiger partial charge in [-0.3, -0.25) is 4.79 Å². The van der Waals surface area contributed by atoms with E-state index >= 15 is 0 Å². The smallest absolute Gasteiger partial charge is 0.368 e. The molecule has 0 aromatic carbocycles. The molecule has 1 fully saturated rings. The second kappa shape index (κ2) is 7.14. The highest BCUT2D eigenvalue weighted by atomic mass is 35.5. The van der Waals surface area contributed by atoms with Gasteiger partial charge in [-0.05, 0) is 24.4 Å². The van der Waals surface area contributed by atoms with Crippen molar-refractivity contribution >= 4 is 23.3 Å². The lowest BCUT2D eigenvalue weighted by Gasteiger charge is -2.22. The van der Waals surface area contributed by atoms with E-state index in [1.54, 1.807) is 4.90 Å². The minimum Gasteiger partial charge on any atom is -0.368 e. The van der Waals surface area contributed by atoms with E-state index in [4.69, 9.17) is 17.3 Å². The van der Waals surface area contributed by atoms with Gasteiger partial charge in [0.05, 0.1) is 10.6 Å². The first-order valence-corrected chi connectivity index (χ1v) is 7.97. The fourth-order valence-electron chi connectivity index (χ4n) is 2.57. The van der Waals surface area contributed by atoms with Crippen LogP contribution in [0.25, 0.3) is 0 Å². The number of nitrogens with one attached hydrogen (secondary N) is 1. The van der Waals surface area contributed by atoms with Gasteiger partial charge in [0.2, 0.25) is 5.91 Å². The third-order valence-corrected chi connectivity index (χ3v) is 4.49. The number of anilines is 1. The molecule has 0 radical (unpaired) electrons. The maximum absolute atomic E-state index is 12.5. The summed E-state index contributed by atoms with van der Waals surface area (Å²) in [5, 5.41) is 2.67. The van der Waals surface area contributed by atoms with Crippen LogP contribution in [0.4, 0.5) is 19.0 Å². The van der Waals surface area contributed by atoms with Gasteiger partial charge in [-0.25, -0.2) is 4.98 Å². The monoisotopic (exact) mass is 364 g/mol. The number of hydrogen-bond acceptors (Lipinski definition) is 4. The number of carbonyl (C=O) groups is 1. The predicted octanol–water partition coefficient (Wildman–Crippen LogP) is 2.75. The van der Waals surface area contributed by atoms with Crippen LogP contribution in [0, 0.1) is 5.41 Å². The lowest BCUT2D eigenvalue weighted by Crippen LogP contribution is -2.35. The van der Waals surface area contributed by atoms with Gasteiger partial charge < -0.3 is 16.0 Å². The zero-order chi connectivity index (χ0) is 18.0. The molecule has 134 valence electrons. The first-order valence-electron chi connectivity index (χ1n) is 7.59. The SMILES string of the molecule is CC1(CN)CCN(C(=O)CCNc2ncc(C(F)(F)F)cc2Cl)C1. The Kier molecular flexibility index (Phi) is 5.59. The van der Waals surface area contributed by atoms with Gasteiger partial charge >= 0.3 is 6.18 Å². The van der Waals surface area contributed by atoms with Crippen molar-refractivity contribution in [3.63, 3.8) is 0 Å². The molecule has 2 heterocycles. The van der Waals surface area contributed by atoms with Gasteiger partial charge in [0.25, 0.3) is 0 Å². The van der Waals surface area contributed by atoms with Crippen LogP contribution in [0.5, 0.6) is 0 Å². The summed E-state index contributed by atoms with van der Waals surface area (Å²) in [4.78, 5) is 17.6. The number of amides is 1. The van der Waals surface area contributed by atoms with E-state index < -0.39 is 11.7 Å². The molecule has 1 amide bonds. The standard InChI is InChI=1S/C15H20ClF3N4O/c1-14(8-20)3-5-23(9-14)12(24)2-4-21-13-11(16)6-10(7-22-13)15(17,18)19/h6-7H,2-5,8-9,20H2,1H3,(H,21,22). The molecular formula is C15H20ClF3N4O. The highest BCUT2D eigenvalue weighted by molar-refractivity contribution is 6.32. The quantitative estimate of drug-likeness (QED) is 0.842. The molecule has 1 aliphatic rings. The molecule has 24 heavy (non-hydrogen) atoms. The normalized spacial score (nSPS) is 21.2. The number of likely N-dealkylation sites (tertiary alicyclic amines) is 1. The minimum absolute atomic E-state index is 0.0253. The highest BCUT2D eigenvalue weighted by Crippen LogP contribution is 2.32. The van der Waals surface area contributed by atoms with Crippen LogP contribution >= 0.6 is 11.6 Å². The van der Waals surface area contributed by atoms with Crippen molar-refractivity contribution in [3.8, 4) is 0 Å². The van der Waals surface area contributed by atoms with Crippen molar-refractivity contribution in [2.24, 2.45) is 11.1 Å². The molecule has 0 aliphatic carbocycles. The van der Waals surface area contributed by atoms with Gasteiger partial charge in [-0.15, -0.1) is 0 Å². The number of aromatic nitrogens is 1. The van der Waals surface area contributed by atoms with Crippen molar-refractivity contribution in [1.29, 1.82) is 0 Å². The fourth-order valence-corrected chi connectivity index (χ4v) is 2.81. The number of carbonyl (C=O) groups excluding carboxylic acids is 1. The van der Waals surface area contributed by atoms with Crippen LogP contribution in [0.2, 0.25) is 5.02 Å². The van der Waals surface area contributed by atoms with Crippen molar-refractivity contribution in [2.75, 3.05) is 31.5 Å². The minimum atomic E-state index is -4.49. The number of nitrogens with zero attached hydrogens (tertiary/aromatic N) is 2. The van der Waals surface area contributed by atoms with Crippen LogP contribution < -0.4 is 11.1 Å². The van der Waals surface area contributed by atoms with E-state index in [1.165, 1.54) is 0 Å². The molecular weight excluding hydrogens is 345 g/mol. The average molecular weight is 365 g/mol. The van der Waals surface area contributed by atoms with E-state index in [2.05, 4.69) is 10.3 Å². The van der Waals surface area contributed by atoms with Gasteiger partial charge in [0, 0.05) is 32.3 Å². The van der Waals surface area contributed by atoms with Crippen LogP contribution in [-0.2, 0) is 11.0 Å². The van der Waals surface area contributed by atoms with Crippen molar-refractivity contribution in [3.05, 3.63) is 22.8 Å². The Morgan fingerprint density at radius 3 is 2.79 bits per heavy atom. The van der Waals surface area contributed by atoms with Gasteiger partial charge in [-0.1, -0.05) is 18.5 Å². The number of nitrogens with two attached hydrogens (primary N) is 1. The Morgan fingerprint density at radius 2 is 2.25 bits per heavy atom. The van der Waals surface area contributed by atoms with E-state index in [1.807, 2.05) is 6.92 Å². The summed E-state index contributed by atoms with van der Waals surface area (Å²) in [5.74, 6) is 0.105. The van der Waals surface area contributed by atoms with Crippen molar-refractivity contribution < 1.29 is 18.0 Å². The van der Waals surface area contributed by atoms with Crippen LogP contribution in [-0.4, -0.2) is 42.0 Å². The summed E-state index contributed by atoms with van der Waals surface area (Å²) in [6, 6.07) is 0.811. The molecule has 0 saturated carbocycles. The third-order valence-electron chi connectivity index (χ3n) is 4.20. The molecule has 5 nitrogen and oxygen atoms in total. The molecule has 1 aromatic heterocycles. The fraction of sp³-hybridized carbons (Fsp3) is 0.600. The summed E-state index contributed by atoms with van der Waals surface area (Å²) in [6.07, 6.45) is -2.70. The van der Waals surface area contributed by atoms with E-state index in [0.29, 0.717) is 25.8 Å². The third kappa shape index (κ3) is 4.51. The molecule has 0 spiro atoms. The molecule has 9 heteroatoms. The highest BCUT2D eigenvalue weighted by Gasteiger charge is 2.34. The number of hydrogen-bond donors (Lipinski definition) is 2. The maximum atomic E-state index is 12.5. The predicted molar refractivity (Wildman–Crippen MR) is 85.7 cm³/mol. The lowest BCUT2D eigenvalue weighted by molar-refractivity contribution is -0.137. The van der Waals surface area contributed by atoms with E-state index in [0.717, 1.165) is 12.5 Å². The van der Waals surface area contributed by atoms with Gasteiger partial charge in [-0.2, -0.15) is 13.2 Å². The summed E-state index contributed by atoms with van der Waals surface area (Å²) >= 11 is 5.80. The molecule has 1 aliphatic heterocycles. The largest absolute Gasteiger partial charge is 0.417 e. The Balaban J connectivity index is 1.85. The van der Waals surface area contributed by atoms with Crippen molar-refractivity contribution in [1.82, 2.24) is 9.88 Å². The summed E-state index contributed by atoms with van der Waals surface area (Å²) in [6.45, 7) is 4.12. The number of pyridine rings is 1. The maximum Gasteiger partial charge on any atom is 0.417 e. The molecule has 1 aromatic rings. The zero-order valence-corrected chi connectivity index (χ0v) is 14.0. The molecule has 3 N–H and O–H groups in total. The first-order chi connectivity index (χ1) is 11.1. The lowest BCUT2D eigenvalue weighted by atomic mass is 9.90. The summed E-state index contributed by atoms with van der Waals surface area (Å²) in [7, 11) is 0. The van der Waals surface area contributed by atoms with E-state index in [9.17, 15) is 18.0 Å². The van der Waals surface area contributed by atoms with Crippen LogP contribution in [0.3, 0.4) is 0 Å². The van der Waals surface area contributed by atoms with Gasteiger partial charge in [0.15, 0.2) is 0 Å². The Hall–Kier alpha value is -1.54. The number of rotatable bonds is 5. The van der Waals surface area contributed by atoms with E-state index in [-0.39, 0.29) is 35.1 Å². The Labute approximate surface area is 143 Å². The molecule has 1 atom stereocenters. The zero-order valence-electron chi connectivity index (χ0n) is 13.3. The average Bonchev–Trinajstić information content (AvgIpc) is 2.91. The molecule has 2 rings (SSSR count). The van der Waals surface area contributed by atoms with Gasteiger partial charge in [0.1, 0.15) is 5.82 Å². The molecule has 0 bridgehead atoms. The van der Waals surface area contributed by atoms with Crippen LogP contribution in [0.15, 0.2) is 12.3 Å².